The second-order valence-corrected chi connectivity index (χ2v) is 6.48. The number of nitro groups is 1. The zero-order valence-corrected chi connectivity index (χ0v) is 15.7. The molecule has 0 aliphatic carbocycles. The van der Waals surface area contributed by atoms with Crippen molar-refractivity contribution in [2.24, 2.45) is 0 Å². The Morgan fingerprint density at radius 2 is 1.44 bits per heavy atom. The molecule has 0 saturated heterocycles. The molecule has 136 valence electrons. The average molecular weight is 428 g/mol. The first-order valence-corrected chi connectivity index (χ1v) is 8.63. The van der Waals surface area contributed by atoms with Crippen LogP contribution in [-0.2, 0) is 0 Å². The van der Waals surface area contributed by atoms with Crippen molar-refractivity contribution < 1.29 is 9.72 Å². The summed E-state index contributed by atoms with van der Waals surface area (Å²) in [5.74, 6) is 0.0564. The molecule has 2 N–H and O–H groups in total. The van der Waals surface area contributed by atoms with Crippen molar-refractivity contribution in [3.05, 3.63) is 75.0 Å². The van der Waals surface area contributed by atoms with Gasteiger partial charge in [-0.3, -0.25) is 14.9 Å². The van der Waals surface area contributed by atoms with Crippen LogP contribution in [0, 0.1) is 10.1 Å². The lowest BCUT2D eigenvalue weighted by Crippen LogP contribution is -2.05. The van der Waals surface area contributed by atoms with E-state index in [0.29, 0.717) is 16.9 Å². The van der Waals surface area contributed by atoms with Crippen molar-refractivity contribution in [3.8, 4) is 0 Å². The molecule has 0 amide bonds. The van der Waals surface area contributed by atoms with Crippen molar-refractivity contribution in [1.29, 1.82) is 0 Å². The molecule has 0 aliphatic heterocycles. The molecule has 0 aliphatic rings. The van der Waals surface area contributed by atoms with Crippen molar-refractivity contribution in [2.45, 2.75) is 6.92 Å². The van der Waals surface area contributed by atoms with Gasteiger partial charge in [0.2, 0.25) is 11.6 Å². The van der Waals surface area contributed by atoms with E-state index in [-0.39, 0.29) is 23.1 Å². The molecular formula is C18H14BrN5O3. The summed E-state index contributed by atoms with van der Waals surface area (Å²) in [6, 6.07) is 13.7. The van der Waals surface area contributed by atoms with E-state index in [0.717, 1.165) is 4.47 Å². The second-order valence-electron chi connectivity index (χ2n) is 5.57. The maximum absolute atomic E-state index is 11.6. The normalized spacial score (nSPS) is 10.3. The van der Waals surface area contributed by atoms with Gasteiger partial charge in [0, 0.05) is 21.4 Å². The van der Waals surface area contributed by atoms with E-state index in [4.69, 9.17) is 0 Å². The molecule has 0 spiro atoms. The minimum Gasteiger partial charge on any atom is -0.334 e. The van der Waals surface area contributed by atoms with Gasteiger partial charge in [-0.2, -0.15) is 0 Å². The molecule has 27 heavy (non-hydrogen) atoms. The standard InChI is InChI=1S/C18H14BrN5O3/c1-11(25)12-2-6-14(7-3-12)22-17-16(24(26)27)18(21-10-20-17)23-15-8-4-13(19)5-9-15/h2-10H,1H3,(H2,20,21,22,23). The highest BCUT2D eigenvalue weighted by atomic mass is 79.9. The number of halogens is 1. The molecule has 0 bridgehead atoms. The first-order valence-electron chi connectivity index (χ1n) is 7.84. The molecule has 8 nitrogen and oxygen atoms in total. The van der Waals surface area contributed by atoms with E-state index < -0.39 is 4.92 Å². The number of carbonyl (C=O) groups is 1. The Hall–Kier alpha value is -3.33. The van der Waals surface area contributed by atoms with E-state index in [9.17, 15) is 14.9 Å². The molecule has 9 heteroatoms. The van der Waals surface area contributed by atoms with E-state index in [2.05, 4.69) is 36.5 Å². The smallest absolute Gasteiger partial charge is 0.334 e. The molecule has 1 heterocycles. The molecule has 2 aromatic carbocycles. The topological polar surface area (TPSA) is 110 Å². The molecular weight excluding hydrogens is 414 g/mol. The molecule has 0 radical (unpaired) electrons. The molecule has 0 atom stereocenters. The highest BCUT2D eigenvalue weighted by molar-refractivity contribution is 9.10. The van der Waals surface area contributed by atoms with Crippen LogP contribution in [0.15, 0.2) is 59.3 Å². The number of anilines is 4. The fraction of sp³-hybridized carbons (Fsp3) is 0.0556. The number of Topliss-reactive ketones (excluding diaryl/α,β-unsaturated/α-hetero) is 1. The summed E-state index contributed by atoms with van der Waals surface area (Å²) in [5, 5.41) is 17.5. The number of aromatic nitrogens is 2. The Kier molecular flexibility index (Phi) is 5.41. The van der Waals surface area contributed by atoms with Gasteiger partial charge in [-0.15, -0.1) is 0 Å². The predicted octanol–water partition coefficient (Wildman–Crippen LogP) is 4.84. The van der Waals surface area contributed by atoms with E-state index >= 15 is 0 Å². The van der Waals surface area contributed by atoms with Crippen LogP contribution in [0.3, 0.4) is 0 Å². The second kappa shape index (κ2) is 7.92. The van der Waals surface area contributed by atoms with Crippen LogP contribution in [0.2, 0.25) is 0 Å². The number of hydrogen-bond acceptors (Lipinski definition) is 7. The van der Waals surface area contributed by atoms with Crippen molar-refractivity contribution in [2.75, 3.05) is 10.6 Å². The largest absolute Gasteiger partial charge is 0.353 e. The predicted molar refractivity (Wildman–Crippen MR) is 106 cm³/mol. The summed E-state index contributed by atoms with van der Waals surface area (Å²) in [6.45, 7) is 1.47. The van der Waals surface area contributed by atoms with E-state index in [1.165, 1.54) is 13.3 Å². The van der Waals surface area contributed by atoms with Crippen molar-refractivity contribution >= 4 is 50.4 Å². The van der Waals surface area contributed by atoms with Crippen LogP contribution in [0.25, 0.3) is 0 Å². The first-order chi connectivity index (χ1) is 12.9. The summed E-state index contributed by atoms with van der Waals surface area (Å²) in [7, 11) is 0. The van der Waals surface area contributed by atoms with Gasteiger partial charge in [0.1, 0.15) is 6.33 Å². The van der Waals surface area contributed by atoms with Gasteiger partial charge in [-0.05, 0) is 55.5 Å². The fourth-order valence-electron chi connectivity index (χ4n) is 2.33. The highest BCUT2D eigenvalue weighted by Crippen LogP contribution is 2.33. The number of benzene rings is 2. The average Bonchev–Trinajstić information content (AvgIpc) is 2.64. The molecule has 0 fully saturated rings. The lowest BCUT2D eigenvalue weighted by Gasteiger charge is -2.10. The minimum atomic E-state index is -0.548. The zero-order valence-electron chi connectivity index (χ0n) is 14.1. The molecule has 0 unspecified atom stereocenters. The van der Waals surface area contributed by atoms with Crippen LogP contribution in [0.1, 0.15) is 17.3 Å². The summed E-state index contributed by atoms with van der Waals surface area (Å²) >= 11 is 3.34. The van der Waals surface area contributed by atoms with Gasteiger partial charge in [-0.25, -0.2) is 9.97 Å². The van der Waals surface area contributed by atoms with Crippen LogP contribution < -0.4 is 10.6 Å². The van der Waals surface area contributed by atoms with Gasteiger partial charge < -0.3 is 10.6 Å². The van der Waals surface area contributed by atoms with Crippen molar-refractivity contribution in [1.82, 2.24) is 9.97 Å². The third-order valence-corrected chi connectivity index (χ3v) is 4.19. The van der Waals surface area contributed by atoms with Gasteiger partial charge in [0.15, 0.2) is 5.78 Å². The quantitative estimate of drug-likeness (QED) is 0.329. The number of hydrogen-bond donors (Lipinski definition) is 2. The molecule has 3 aromatic rings. The van der Waals surface area contributed by atoms with Crippen LogP contribution >= 0.6 is 15.9 Å². The Morgan fingerprint density at radius 1 is 0.963 bits per heavy atom. The van der Waals surface area contributed by atoms with Crippen LogP contribution in [0.4, 0.5) is 28.7 Å². The Labute approximate surface area is 162 Å². The fourth-order valence-corrected chi connectivity index (χ4v) is 2.59. The van der Waals surface area contributed by atoms with Gasteiger partial charge >= 0.3 is 5.69 Å². The number of ketones is 1. The number of rotatable bonds is 6. The summed E-state index contributed by atoms with van der Waals surface area (Å²) in [6.07, 6.45) is 1.24. The number of nitrogens with one attached hydrogen (secondary N) is 2. The summed E-state index contributed by atoms with van der Waals surface area (Å²) in [5.41, 5.74) is 1.49. The maximum atomic E-state index is 11.6. The molecule has 3 rings (SSSR count). The first kappa shape index (κ1) is 18.5. The lowest BCUT2D eigenvalue weighted by molar-refractivity contribution is -0.383. The number of nitrogens with zero attached hydrogens (tertiary/aromatic N) is 3. The molecule has 1 aromatic heterocycles. The maximum Gasteiger partial charge on any atom is 0.353 e. The third-order valence-electron chi connectivity index (χ3n) is 3.67. The third kappa shape index (κ3) is 4.45. The number of carbonyl (C=O) groups excluding carboxylic acids is 1. The SMILES string of the molecule is CC(=O)c1ccc(Nc2ncnc(Nc3ccc(Br)cc3)c2[N+](=O)[O-])cc1. The Bertz CT molecular complexity index is 991. The van der Waals surface area contributed by atoms with Crippen molar-refractivity contribution in [3.63, 3.8) is 0 Å². The summed E-state index contributed by atoms with van der Waals surface area (Å²) in [4.78, 5) is 30.4. The minimum absolute atomic E-state index is 0.0465. The van der Waals surface area contributed by atoms with E-state index in [1.54, 1.807) is 36.4 Å². The Morgan fingerprint density at radius 3 is 1.89 bits per heavy atom. The van der Waals surface area contributed by atoms with Gasteiger partial charge in [-0.1, -0.05) is 15.9 Å². The van der Waals surface area contributed by atoms with Crippen LogP contribution in [-0.4, -0.2) is 20.7 Å². The van der Waals surface area contributed by atoms with Gasteiger partial charge in [0.05, 0.1) is 4.92 Å². The summed E-state index contributed by atoms with van der Waals surface area (Å²) < 4.78 is 0.890. The highest BCUT2D eigenvalue weighted by Gasteiger charge is 2.23. The van der Waals surface area contributed by atoms with E-state index in [1.807, 2.05) is 12.1 Å². The van der Waals surface area contributed by atoms with Gasteiger partial charge in [0.25, 0.3) is 0 Å². The molecule has 0 saturated carbocycles. The van der Waals surface area contributed by atoms with Crippen LogP contribution in [0.5, 0.6) is 0 Å². The Balaban J connectivity index is 1.92. The monoisotopic (exact) mass is 427 g/mol. The lowest BCUT2D eigenvalue weighted by atomic mass is 10.1. The zero-order chi connectivity index (χ0) is 19.4.